The molecule has 9 heavy (non-hydrogen) atoms. The van der Waals surface area contributed by atoms with Gasteiger partial charge in [-0.15, -0.1) is 0 Å². The Morgan fingerprint density at radius 1 is 1.56 bits per heavy atom. The second kappa shape index (κ2) is 2.94. The number of rotatable bonds is 0. The van der Waals surface area contributed by atoms with Crippen molar-refractivity contribution < 1.29 is 0 Å². The van der Waals surface area contributed by atoms with Crippen molar-refractivity contribution in [2.45, 2.75) is 0 Å². The first-order valence-corrected chi connectivity index (χ1v) is 4.28. The van der Waals surface area contributed by atoms with E-state index in [-0.39, 0.29) is 0 Å². The highest BCUT2D eigenvalue weighted by atomic mass is 127. The third-order valence-corrected chi connectivity index (χ3v) is 3.47. The highest BCUT2D eigenvalue weighted by Crippen LogP contribution is 2.23. The molecule has 0 unspecified atom stereocenters. The molecular formula is C5HI2N2-. The van der Waals surface area contributed by atoms with Crippen LogP contribution in [0.2, 0.25) is 0 Å². The summed E-state index contributed by atoms with van der Waals surface area (Å²) < 4.78 is 1.95. The molecule has 0 radical (unpaired) electrons. The maximum atomic E-state index is 8.36. The highest BCUT2D eigenvalue weighted by Gasteiger charge is 2.06. The Morgan fingerprint density at radius 3 is 2.44 bits per heavy atom. The Morgan fingerprint density at radius 2 is 2.22 bits per heavy atom. The van der Waals surface area contributed by atoms with Crippen LogP contribution in [0.5, 0.6) is 0 Å². The van der Waals surface area contributed by atoms with Crippen LogP contribution < -0.4 is 0 Å². The molecule has 0 aromatic carbocycles. The van der Waals surface area contributed by atoms with Gasteiger partial charge < -0.3 is 5.41 Å². The quantitative estimate of drug-likeness (QED) is 0.478. The van der Waals surface area contributed by atoms with Crippen molar-refractivity contribution in [2.24, 2.45) is 4.99 Å². The van der Waals surface area contributed by atoms with Gasteiger partial charge in [-0.05, 0) is 51.3 Å². The van der Waals surface area contributed by atoms with Crippen LogP contribution in [0.1, 0.15) is 0 Å². The van der Waals surface area contributed by atoms with E-state index in [0.29, 0.717) is 5.70 Å². The zero-order valence-electron chi connectivity index (χ0n) is 4.23. The van der Waals surface area contributed by atoms with Gasteiger partial charge in [0.05, 0.1) is 5.70 Å². The van der Waals surface area contributed by atoms with E-state index in [1.807, 2.05) is 5.87 Å². The number of halogens is 2. The van der Waals surface area contributed by atoms with Crippen LogP contribution in [0.15, 0.2) is 20.3 Å². The van der Waals surface area contributed by atoms with Gasteiger partial charge in [0.15, 0.2) is 0 Å². The average molecular weight is 343 g/mol. The molecule has 1 rings (SSSR count). The summed E-state index contributed by atoms with van der Waals surface area (Å²) in [6.45, 7) is 0. The van der Waals surface area contributed by atoms with Crippen LogP contribution in [-0.2, 0) is 0 Å². The third kappa shape index (κ3) is 1.62. The maximum Gasteiger partial charge on any atom is 0.116 e. The van der Waals surface area contributed by atoms with E-state index in [1.165, 1.54) is 0 Å². The second-order valence-corrected chi connectivity index (χ2v) is 3.58. The zero-order chi connectivity index (χ0) is 6.85. The molecule has 0 aromatic rings. The second-order valence-electron chi connectivity index (χ2n) is 1.39. The minimum Gasteiger partial charge on any atom is -0.761 e. The number of hydrogen-bond donors (Lipinski definition) is 0. The van der Waals surface area contributed by atoms with E-state index in [9.17, 15) is 0 Å². The lowest BCUT2D eigenvalue weighted by Gasteiger charge is -1.80. The molecular weight excluding hydrogens is 342 g/mol. The van der Waals surface area contributed by atoms with Crippen molar-refractivity contribution >= 4 is 54.8 Å². The monoisotopic (exact) mass is 343 g/mol. The van der Waals surface area contributed by atoms with Gasteiger partial charge in [-0.1, -0.05) is 0 Å². The molecule has 2 nitrogen and oxygen atoms in total. The van der Waals surface area contributed by atoms with E-state index in [0.717, 1.165) is 7.30 Å². The predicted octanol–water partition coefficient (Wildman–Crippen LogP) is 2.28. The van der Waals surface area contributed by atoms with Gasteiger partial charge in [0.1, 0.15) is 3.72 Å². The first-order chi connectivity index (χ1) is 4.24. The lowest BCUT2D eigenvalue weighted by molar-refractivity contribution is 1.53. The molecule has 1 aliphatic heterocycles. The molecule has 1 aliphatic rings. The molecule has 0 atom stereocenters. The Kier molecular flexibility index (Phi) is 2.42. The molecule has 0 saturated carbocycles. The molecule has 0 fully saturated rings. The van der Waals surface area contributed by atoms with Crippen LogP contribution in [0.4, 0.5) is 0 Å². The highest BCUT2D eigenvalue weighted by molar-refractivity contribution is 14.1. The molecule has 4 heteroatoms. The van der Waals surface area contributed by atoms with E-state index in [2.05, 4.69) is 50.2 Å². The molecule has 1 heterocycles. The summed E-state index contributed by atoms with van der Waals surface area (Å²) in [7, 11) is 0. The molecule has 0 aromatic heterocycles. The smallest absolute Gasteiger partial charge is 0.116 e. The topological polar surface area (TPSA) is 34.7 Å². The molecule has 0 spiro atoms. The Hall–Kier alpha value is 0.320. The Balaban J connectivity index is 3.10. The average Bonchev–Trinajstić information content (AvgIpc) is 2.13. The van der Waals surface area contributed by atoms with Crippen molar-refractivity contribution in [2.75, 3.05) is 0 Å². The van der Waals surface area contributed by atoms with Crippen molar-refractivity contribution in [1.82, 2.24) is 0 Å². The number of hydrogen-bond acceptors (Lipinski definition) is 1. The summed E-state index contributed by atoms with van der Waals surface area (Å²) in [5, 5.41) is 8.36. The number of aliphatic imine (C=N–C) groups is 1. The van der Waals surface area contributed by atoms with Gasteiger partial charge in [-0.3, -0.25) is 0 Å². The lowest BCUT2D eigenvalue weighted by Crippen LogP contribution is -1.74. The van der Waals surface area contributed by atoms with Crippen molar-refractivity contribution in [3.8, 4) is 0 Å². The summed E-state index contributed by atoms with van der Waals surface area (Å²) in [6.07, 6.45) is 1.77. The fraction of sp³-hybridized carbons (Fsp3) is 0. The largest absolute Gasteiger partial charge is 0.761 e. The summed E-state index contributed by atoms with van der Waals surface area (Å²) >= 11 is 4.25. The summed E-state index contributed by atoms with van der Waals surface area (Å²) in [5.74, 6) is 1.97. The molecule has 0 amide bonds. The minimum atomic E-state index is 0.504. The molecule has 0 N–H and O–H groups in total. The van der Waals surface area contributed by atoms with Gasteiger partial charge in [-0.2, -0.15) is 0 Å². The SMILES string of the molecule is [N-]=C=C1C=C(I)C(I)=N1. The summed E-state index contributed by atoms with van der Waals surface area (Å²) in [4.78, 5) is 3.95. The normalized spacial score (nSPS) is 16.9. The summed E-state index contributed by atoms with van der Waals surface area (Å²) in [5.41, 5.74) is 0.504. The fourth-order valence-corrected chi connectivity index (χ4v) is 1.26. The predicted molar refractivity (Wildman–Crippen MR) is 55.4 cm³/mol. The van der Waals surface area contributed by atoms with Crippen LogP contribution in [0.3, 0.4) is 0 Å². The van der Waals surface area contributed by atoms with Crippen LogP contribution in [-0.4, -0.2) is 9.59 Å². The van der Waals surface area contributed by atoms with E-state index in [1.54, 1.807) is 6.08 Å². The van der Waals surface area contributed by atoms with E-state index >= 15 is 0 Å². The molecule has 0 saturated heterocycles. The van der Waals surface area contributed by atoms with Gasteiger partial charge in [-0.25, -0.2) is 10.9 Å². The van der Waals surface area contributed by atoms with Crippen LogP contribution >= 0.6 is 45.2 Å². The standard InChI is InChI=1S/C5HI2N2/c6-4-1-3(2-8)9-5(4)7/h1H/q-1. The van der Waals surface area contributed by atoms with Gasteiger partial charge in [0.25, 0.3) is 0 Å². The van der Waals surface area contributed by atoms with Crippen LogP contribution in [0.25, 0.3) is 5.41 Å². The maximum absolute atomic E-state index is 8.36. The van der Waals surface area contributed by atoms with Crippen LogP contribution in [0, 0.1) is 0 Å². The number of allylic oxidation sites excluding steroid dienone is 2. The third-order valence-electron chi connectivity index (χ3n) is 0.794. The Labute approximate surface area is 79.9 Å². The van der Waals surface area contributed by atoms with Gasteiger partial charge in [0, 0.05) is 3.58 Å². The molecule has 46 valence electrons. The number of nitrogens with zero attached hydrogens (tertiary/aromatic N) is 2. The minimum absolute atomic E-state index is 0.504. The Bertz CT molecular complexity index is 226. The molecule has 0 bridgehead atoms. The first kappa shape index (κ1) is 7.43. The van der Waals surface area contributed by atoms with E-state index < -0.39 is 0 Å². The first-order valence-electron chi connectivity index (χ1n) is 2.13. The van der Waals surface area contributed by atoms with Crippen molar-refractivity contribution in [3.63, 3.8) is 0 Å². The van der Waals surface area contributed by atoms with Gasteiger partial charge in [0.2, 0.25) is 0 Å². The van der Waals surface area contributed by atoms with Crippen molar-refractivity contribution in [3.05, 3.63) is 20.8 Å². The lowest BCUT2D eigenvalue weighted by atomic mass is 10.5. The zero-order valence-corrected chi connectivity index (χ0v) is 8.54. The van der Waals surface area contributed by atoms with Gasteiger partial charge >= 0.3 is 0 Å². The summed E-state index contributed by atoms with van der Waals surface area (Å²) in [6, 6.07) is 0. The van der Waals surface area contributed by atoms with Crippen molar-refractivity contribution in [1.29, 1.82) is 0 Å². The fourth-order valence-electron chi connectivity index (χ4n) is 0.428. The molecule has 0 aliphatic carbocycles. The van der Waals surface area contributed by atoms with E-state index in [4.69, 9.17) is 5.41 Å².